The average molecular weight is 570 g/mol. The summed E-state index contributed by atoms with van der Waals surface area (Å²) in [7, 11) is 0. The van der Waals surface area contributed by atoms with Gasteiger partial charge in [-0.05, 0) is 60.9 Å². The van der Waals surface area contributed by atoms with Crippen LogP contribution in [0.2, 0.25) is 10.0 Å². The van der Waals surface area contributed by atoms with Gasteiger partial charge >= 0.3 is 0 Å². The first kappa shape index (κ1) is 27.7. The van der Waals surface area contributed by atoms with Gasteiger partial charge in [0.05, 0.1) is 16.7 Å². The van der Waals surface area contributed by atoms with Gasteiger partial charge in [-0.2, -0.15) is 0 Å². The second-order valence-electron chi connectivity index (χ2n) is 8.68. The van der Waals surface area contributed by atoms with Crippen molar-refractivity contribution in [3.8, 4) is 0 Å². The molecule has 1 aromatic heterocycles. The van der Waals surface area contributed by atoms with Crippen LogP contribution in [0.1, 0.15) is 24.0 Å². The van der Waals surface area contributed by atoms with E-state index in [0.717, 1.165) is 11.1 Å². The fraction of sp³-hybridized carbons (Fsp3) is 0.214. The van der Waals surface area contributed by atoms with Gasteiger partial charge in [-0.15, -0.1) is 0 Å². The van der Waals surface area contributed by atoms with Gasteiger partial charge in [-0.3, -0.25) is 19.0 Å². The number of para-hydroxylation sites is 1. The van der Waals surface area contributed by atoms with Crippen molar-refractivity contribution < 1.29 is 9.59 Å². The molecule has 2 N–H and O–H groups in total. The summed E-state index contributed by atoms with van der Waals surface area (Å²) in [5.41, 5.74) is 2.77. The van der Waals surface area contributed by atoms with Gasteiger partial charge in [0.2, 0.25) is 11.8 Å². The zero-order valence-corrected chi connectivity index (χ0v) is 23.0. The number of carbonyl (C=O) groups is 2. The lowest BCUT2D eigenvalue weighted by molar-refractivity contribution is -0.121. The highest BCUT2D eigenvalue weighted by molar-refractivity contribution is 7.99. The average Bonchev–Trinajstić information content (AvgIpc) is 2.90. The lowest BCUT2D eigenvalue weighted by Gasteiger charge is -2.13. The summed E-state index contributed by atoms with van der Waals surface area (Å²) in [6, 6.07) is 19.7. The number of aryl methyl sites for hydroxylation is 1. The summed E-state index contributed by atoms with van der Waals surface area (Å²) in [6.07, 6.45) is 0.668. The zero-order valence-electron chi connectivity index (χ0n) is 20.7. The van der Waals surface area contributed by atoms with Crippen LogP contribution in [0.15, 0.2) is 76.7 Å². The summed E-state index contributed by atoms with van der Waals surface area (Å²) in [5.74, 6) is -0.322. The molecule has 0 radical (unpaired) electrons. The first-order valence-corrected chi connectivity index (χ1v) is 13.7. The first-order valence-electron chi connectivity index (χ1n) is 12.0. The van der Waals surface area contributed by atoms with Gasteiger partial charge < -0.3 is 10.6 Å². The predicted molar refractivity (Wildman–Crippen MR) is 154 cm³/mol. The second kappa shape index (κ2) is 13.0. The van der Waals surface area contributed by atoms with Crippen molar-refractivity contribution in [3.63, 3.8) is 0 Å². The van der Waals surface area contributed by atoms with Crippen molar-refractivity contribution in [2.45, 2.75) is 38.0 Å². The molecule has 0 aliphatic rings. The Bertz CT molecular complexity index is 1540. The van der Waals surface area contributed by atoms with E-state index in [1.54, 1.807) is 42.5 Å². The molecule has 0 fully saturated rings. The molecule has 7 nitrogen and oxygen atoms in total. The fourth-order valence-electron chi connectivity index (χ4n) is 3.79. The monoisotopic (exact) mass is 568 g/mol. The number of thioether (sulfide) groups is 1. The number of nitrogens with one attached hydrogen (secondary N) is 2. The Morgan fingerprint density at radius 3 is 2.61 bits per heavy atom. The minimum absolute atomic E-state index is 0.0520. The molecule has 0 unspecified atom stereocenters. The molecule has 3 aromatic carbocycles. The lowest BCUT2D eigenvalue weighted by atomic mass is 10.2. The van der Waals surface area contributed by atoms with Crippen LogP contribution in [-0.2, 0) is 22.7 Å². The highest BCUT2D eigenvalue weighted by Crippen LogP contribution is 2.22. The van der Waals surface area contributed by atoms with Crippen LogP contribution >= 0.6 is 35.0 Å². The molecule has 0 saturated heterocycles. The van der Waals surface area contributed by atoms with Gasteiger partial charge in [0.1, 0.15) is 0 Å². The number of amides is 2. The Balaban J connectivity index is 1.41. The third-order valence-electron chi connectivity index (χ3n) is 5.78. The molecule has 2 amide bonds. The maximum atomic E-state index is 13.3. The molecule has 0 bridgehead atoms. The van der Waals surface area contributed by atoms with E-state index in [1.165, 1.54) is 16.3 Å². The van der Waals surface area contributed by atoms with Crippen LogP contribution < -0.4 is 16.2 Å². The third-order valence-corrected chi connectivity index (χ3v) is 7.40. The quantitative estimate of drug-likeness (QED) is 0.185. The minimum Gasteiger partial charge on any atom is -0.352 e. The molecule has 1 heterocycles. The fourth-order valence-corrected chi connectivity index (χ4v) is 5.01. The Morgan fingerprint density at radius 1 is 1.00 bits per heavy atom. The number of aromatic nitrogens is 2. The van der Waals surface area contributed by atoms with Crippen molar-refractivity contribution in [2.75, 3.05) is 11.1 Å². The van der Waals surface area contributed by atoms with E-state index in [9.17, 15) is 14.4 Å². The Hall–Kier alpha value is -3.33. The number of halogens is 2. The van der Waals surface area contributed by atoms with E-state index in [0.29, 0.717) is 51.3 Å². The highest BCUT2D eigenvalue weighted by atomic mass is 35.5. The largest absolute Gasteiger partial charge is 0.352 e. The lowest BCUT2D eigenvalue weighted by Crippen LogP contribution is -2.26. The SMILES string of the molecule is Cc1ccc(NC(=O)CSc2nc3ccccc3c(=O)n2CCCC(=O)NCc2cccc(Cl)c2)cc1Cl. The maximum absolute atomic E-state index is 13.3. The molecule has 0 atom stereocenters. The Morgan fingerprint density at radius 2 is 1.82 bits per heavy atom. The maximum Gasteiger partial charge on any atom is 0.262 e. The first-order chi connectivity index (χ1) is 18.3. The molecule has 10 heteroatoms. The number of hydrogen-bond donors (Lipinski definition) is 2. The minimum atomic E-state index is -0.246. The number of hydrogen-bond acceptors (Lipinski definition) is 5. The van der Waals surface area contributed by atoms with Gasteiger partial charge in [-0.1, -0.05) is 65.3 Å². The van der Waals surface area contributed by atoms with E-state index in [2.05, 4.69) is 15.6 Å². The molecule has 4 aromatic rings. The van der Waals surface area contributed by atoms with Crippen LogP contribution in [0.3, 0.4) is 0 Å². The number of anilines is 1. The van der Waals surface area contributed by atoms with Crippen molar-refractivity contribution in [1.82, 2.24) is 14.9 Å². The molecule has 0 spiro atoms. The number of fused-ring (bicyclic) bond motifs is 1. The summed E-state index contributed by atoms with van der Waals surface area (Å²) in [4.78, 5) is 42.9. The van der Waals surface area contributed by atoms with Gasteiger partial charge in [0.25, 0.3) is 5.56 Å². The molecule has 0 aliphatic heterocycles. The van der Waals surface area contributed by atoms with Crippen LogP contribution in [0.5, 0.6) is 0 Å². The predicted octanol–water partition coefficient (Wildman–Crippen LogP) is 5.84. The normalized spacial score (nSPS) is 10.9. The van der Waals surface area contributed by atoms with Crippen molar-refractivity contribution in [2.24, 2.45) is 0 Å². The van der Waals surface area contributed by atoms with Gasteiger partial charge in [-0.25, -0.2) is 4.98 Å². The molecule has 0 saturated carbocycles. The summed E-state index contributed by atoms with van der Waals surface area (Å²) < 4.78 is 1.53. The zero-order chi connectivity index (χ0) is 27.1. The molecular weight excluding hydrogens is 543 g/mol. The van der Waals surface area contributed by atoms with Crippen LogP contribution in [0.25, 0.3) is 10.9 Å². The van der Waals surface area contributed by atoms with Crippen LogP contribution in [-0.4, -0.2) is 27.1 Å². The Labute approximate surface area is 234 Å². The van der Waals surface area contributed by atoms with Crippen molar-refractivity contribution >= 4 is 63.4 Å². The summed E-state index contributed by atoms with van der Waals surface area (Å²) >= 11 is 13.3. The molecule has 0 aliphatic carbocycles. The van der Waals surface area contributed by atoms with E-state index >= 15 is 0 Å². The molecule has 4 rings (SSSR count). The smallest absolute Gasteiger partial charge is 0.262 e. The van der Waals surface area contributed by atoms with Crippen molar-refractivity contribution in [3.05, 3.63) is 98.3 Å². The van der Waals surface area contributed by atoms with E-state index in [1.807, 2.05) is 31.2 Å². The van der Waals surface area contributed by atoms with Gasteiger partial charge in [0, 0.05) is 35.2 Å². The molecule has 38 heavy (non-hydrogen) atoms. The summed E-state index contributed by atoms with van der Waals surface area (Å²) in [5, 5.41) is 7.78. The van der Waals surface area contributed by atoms with Crippen molar-refractivity contribution in [1.29, 1.82) is 0 Å². The standard InChI is InChI=1S/C28H26Cl2N4O3S/c1-18-11-12-21(15-23(18)30)32-26(36)17-38-28-33-24-9-3-2-8-22(24)27(37)34(28)13-5-10-25(35)31-16-19-6-4-7-20(29)14-19/h2-4,6-9,11-12,14-15H,5,10,13,16-17H2,1H3,(H,31,35)(H,32,36). The van der Waals surface area contributed by atoms with E-state index < -0.39 is 0 Å². The van der Waals surface area contributed by atoms with E-state index in [-0.39, 0.29) is 29.5 Å². The second-order valence-corrected chi connectivity index (χ2v) is 10.5. The third kappa shape index (κ3) is 7.37. The summed E-state index contributed by atoms with van der Waals surface area (Å²) in [6.45, 7) is 2.55. The molecule has 196 valence electrons. The number of rotatable bonds is 10. The topological polar surface area (TPSA) is 93.1 Å². The number of benzene rings is 3. The Kier molecular flexibility index (Phi) is 9.44. The number of carbonyl (C=O) groups excluding carboxylic acids is 2. The highest BCUT2D eigenvalue weighted by Gasteiger charge is 2.14. The van der Waals surface area contributed by atoms with Crippen LogP contribution in [0.4, 0.5) is 5.69 Å². The van der Waals surface area contributed by atoms with Crippen LogP contribution in [0, 0.1) is 6.92 Å². The number of nitrogens with zero attached hydrogens (tertiary/aromatic N) is 2. The van der Waals surface area contributed by atoms with E-state index in [4.69, 9.17) is 23.2 Å². The molecular formula is C28H26Cl2N4O3S. The van der Waals surface area contributed by atoms with Gasteiger partial charge in [0.15, 0.2) is 5.16 Å².